The van der Waals surface area contributed by atoms with E-state index in [0.29, 0.717) is 25.4 Å². The van der Waals surface area contributed by atoms with E-state index in [2.05, 4.69) is 19.1 Å². The Kier molecular flexibility index (Phi) is 5.93. The van der Waals surface area contributed by atoms with Crippen LogP contribution in [0.3, 0.4) is 0 Å². The molecule has 0 radical (unpaired) electrons. The van der Waals surface area contributed by atoms with Gasteiger partial charge in [-0.1, -0.05) is 31.2 Å². The van der Waals surface area contributed by atoms with Crippen LogP contribution in [0.25, 0.3) is 11.0 Å². The molecule has 1 aromatic heterocycles. The number of likely N-dealkylation sites (tertiary alicyclic amines) is 1. The summed E-state index contributed by atoms with van der Waals surface area (Å²) in [6.07, 6.45) is 2.20. The summed E-state index contributed by atoms with van der Waals surface area (Å²) in [6, 6.07) is 15.9. The van der Waals surface area contributed by atoms with Gasteiger partial charge in [0.15, 0.2) is 0 Å². The van der Waals surface area contributed by atoms with Crippen molar-refractivity contribution in [2.45, 2.75) is 45.2 Å². The van der Waals surface area contributed by atoms with E-state index in [1.165, 1.54) is 5.56 Å². The van der Waals surface area contributed by atoms with Gasteiger partial charge in [-0.05, 0) is 42.7 Å². The topological polar surface area (TPSA) is 56.5 Å². The van der Waals surface area contributed by atoms with Crippen LogP contribution in [0, 0.1) is 0 Å². The van der Waals surface area contributed by atoms with Gasteiger partial charge in [0, 0.05) is 38.5 Å². The maximum atomic E-state index is 12.9. The van der Waals surface area contributed by atoms with Crippen molar-refractivity contribution in [3.63, 3.8) is 0 Å². The zero-order valence-corrected chi connectivity index (χ0v) is 17.7. The molecule has 1 fully saturated rings. The highest BCUT2D eigenvalue weighted by molar-refractivity contribution is 5.78. The van der Waals surface area contributed by atoms with Gasteiger partial charge in [-0.3, -0.25) is 13.9 Å². The van der Waals surface area contributed by atoms with Gasteiger partial charge in [0.25, 0.3) is 0 Å². The summed E-state index contributed by atoms with van der Waals surface area (Å²) in [7, 11) is 1.66. The molecule has 1 unspecified atom stereocenters. The van der Waals surface area contributed by atoms with E-state index in [9.17, 15) is 9.59 Å². The summed E-state index contributed by atoms with van der Waals surface area (Å²) >= 11 is 0. The third-order valence-corrected chi connectivity index (χ3v) is 6.05. The Bertz CT molecular complexity index is 1080. The van der Waals surface area contributed by atoms with Gasteiger partial charge >= 0.3 is 5.69 Å². The van der Waals surface area contributed by atoms with E-state index in [0.717, 1.165) is 42.7 Å². The number of hydrogen-bond donors (Lipinski definition) is 0. The lowest BCUT2D eigenvalue weighted by atomic mass is 9.98. The van der Waals surface area contributed by atoms with Gasteiger partial charge in [-0.15, -0.1) is 0 Å². The van der Waals surface area contributed by atoms with Crippen LogP contribution in [-0.4, -0.2) is 40.1 Å². The lowest BCUT2D eigenvalue weighted by molar-refractivity contribution is -0.130. The fourth-order valence-electron chi connectivity index (χ4n) is 4.43. The SMILES string of the molecule is CCCn1c(=O)n(CCC(=O)N2CCC(c3ccc(OC)cc3)C2)c2ccccc21. The number of benzene rings is 2. The number of para-hydroxylation sites is 2. The van der Waals surface area contributed by atoms with Crippen LogP contribution in [0.5, 0.6) is 5.75 Å². The predicted octanol–water partition coefficient (Wildman–Crippen LogP) is 3.63. The zero-order valence-electron chi connectivity index (χ0n) is 17.7. The first-order valence-corrected chi connectivity index (χ1v) is 10.7. The first kappa shape index (κ1) is 20.3. The molecule has 4 rings (SSSR count). The van der Waals surface area contributed by atoms with Gasteiger partial charge in [-0.2, -0.15) is 0 Å². The number of ether oxygens (including phenoxy) is 1. The molecule has 0 saturated carbocycles. The molecule has 0 spiro atoms. The number of aryl methyl sites for hydroxylation is 2. The molecule has 2 aromatic carbocycles. The predicted molar refractivity (Wildman–Crippen MR) is 118 cm³/mol. The van der Waals surface area contributed by atoms with Crippen LogP contribution in [0.4, 0.5) is 0 Å². The van der Waals surface area contributed by atoms with Crippen LogP contribution in [0.2, 0.25) is 0 Å². The van der Waals surface area contributed by atoms with Crippen molar-refractivity contribution in [1.82, 2.24) is 14.0 Å². The summed E-state index contributed by atoms with van der Waals surface area (Å²) in [6.45, 7) is 4.67. The maximum absolute atomic E-state index is 12.9. The number of amides is 1. The number of hydrogen-bond acceptors (Lipinski definition) is 3. The van der Waals surface area contributed by atoms with E-state index in [1.807, 2.05) is 45.9 Å². The molecule has 1 aliphatic heterocycles. The second kappa shape index (κ2) is 8.78. The Morgan fingerprint density at radius 1 is 1.03 bits per heavy atom. The van der Waals surface area contributed by atoms with Crippen molar-refractivity contribution >= 4 is 16.9 Å². The number of methoxy groups -OCH3 is 1. The third-order valence-electron chi connectivity index (χ3n) is 6.05. The summed E-state index contributed by atoms with van der Waals surface area (Å²) in [5, 5.41) is 0. The number of nitrogens with zero attached hydrogens (tertiary/aromatic N) is 3. The van der Waals surface area contributed by atoms with Crippen LogP contribution < -0.4 is 10.4 Å². The Morgan fingerprint density at radius 2 is 1.70 bits per heavy atom. The quantitative estimate of drug-likeness (QED) is 0.601. The largest absolute Gasteiger partial charge is 0.497 e. The van der Waals surface area contributed by atoms with Gasteiger partial charge in [0.05, 0.1) is 18.1 Å². The lowest BCUT2D eigenvalue weighted by Crippen LogP contribution is -2.31. The summed E-state index contributed by atoms with van der Waals surface area (Å²) in [5.41, 5.74) is 3.06. The Hall–Kier alpha value is -3.02. The molecule has 1 saturated heterocycles. The minimum Gasteiger partial charge on any atom is -0.497 e. The van der Waals surface area contributed by atoms with Crippen molar-refractivity contribution in [2.24, 2.45) is 0 Å². The molecule has 3 aromatic rings. The molecule has 6 heteroatoms. The highest BCUT2D eigenvalue weighted by Gasteiger charge is 2.27. The molecular formula is C24H29N3O3. The number of fused-ring (bicyclic) bond motifs is 1. The number of imidazole rings is 1. The first-order chi connectivity index (χ1) is 14.6. The summed E-state index contributed by atoms with van der Waals surface area (Å²) in [5.74, 6) is 1.32. The van der Waals surface area contributed by atoms with E-state index >= 15 is 0 Å². The maximum Gasteiger partial charge on any atom is 0.329 e. The number of carbonyl (C=O) groups is 1. The fourth-order valence-corrected chi connectivity index (χ4v) is 4.43. The molecule has 2 heterocycles. The molecule has 1 amide bonds. The highest BCUT2D eigenvalue weighted by Crippen LogP contribution is 2.29. The van der Waals surface area contributed by atoms with Crippen molar-refractivity contribution in [3.05, 3.63) is 64.6 Å². The van der Waals surface area contributed by atoms with E-state index in [4.69, 9.17) is 4.74 Å². The molecular weight excluding hydrogens is 378 g/mol. The van der Waals surface area contributed by atoms with Crippen LogP contribution in [0.15, 0.2) is 53.3 Å². The first-order valence-electron chi connectivity index (χ1n) is 10.7. The summed E-state index contributed by atoms with van der Waals surface area (Å²) < 4.78 is 8.79. The van der Waals surface area contributed by atoms with E-state index in [1.54, 1.807) is 11.7 Å². The number of carbonyl (C=O) groups excluding carboxylic acids is 1. The molecule has 30 heavy (non-hydrogen) atoms. The van der Waals surface area contributed by atoms with E-state index in [-0.39, 0.29) is 11.6 Å². The minimum absolute atomic E-state index is 0.0246. The average Bonchev–Trinajstić information content (AvgIpc) is 3.37. The molecule has 0 N–H and O–H groups in total. The van der Waals surface area contributed by atoms with Gasteiger partial charge in [0.2, 0.25) is 5.91 Å². The number of aromatic nitrogens is 2. The standard InChI is InChI=1S/C24H29N3O3/c1-3-14-26-21-6-4-5-7-22(21)27(24(26)29)16-13-23(28)25-15-12-19(17-25)18-8-10-20(30-2)11-9-18/h4-11,19H,3,12-17H2,1-2H3. The molecule has 0 bridgehead atoms. The Balaban J connectivity index is 1.43. The van der Waals surface area contributed by atoms with Crippen molar-refractivity contribution in [2.75, 3.05) is 20.2 Å². The molecule has 158 valence electrons. The van der Waals surface area contributed by atoms with Gasteiger partial charge in [0.1, 0.15) is 5.75 Å². The molecule has 0 aliphatic carbocycles. The second-order valence-corrected chi connectivity index (χ2v) is 7.92. The molecule has 6 nitrogen and oxygen atoms in total. The molecule has 1 aliphatic rings. The Morgan fingerprint density at radius 3 is 2.33 bits per heavy atom. The third kappa shape index (κ3) is 3.86. The van der Waals surface area contributed by atoms with Crippen LogP contribution in [-0.2, 0) is 17.9 Å². The monoisotopic (exact) mass is 407 g/mol. The fraction of sp³-hybridized carbons (Fsp3) is 0.417. The lowest BCUT2D eigenvalue weighted by Gasteiger charge is -2.17. The van der Waals surface area contributed by atoms with Gasteiger partial charge < -0.3 is 9.64 Å². The zero-order chi connectivity index (χ0) is 21.1. The van der Waals surface area contributed by atoms with Gasteiger partial charge in [-0.25, -0.2) is 4.79 Å². The van der Waals surface area contributed by atoms with Crippen molar-refractivity contribution in [1.29, 1.82) is 0 Å². The number of rotatable bonds is 7. The average molecular weight is 408 g/mol. The normalized spacial score (nSPS) is 16.3. The molecule has 1 atom stereocenters. The van der Waals surface area contributed by atoms with Crippen LogP contribution in [0.1, 0.15) is 37.7 Å². The Labute approximate surface area is 176 Å². The van der Waals surface area contributed by atoms with Crippen molar-refractivity contribution in [3.8, 4) is 5.75 Å². The minimum atomic E-state index is -0.0246. The van der Waals surface area contributed by atoms with Crippen molar-refractivity contribution < 1.29 is 9.53 Å². The highest BCUT2D eigenvalue weighted by atomic mass is 16.5. The van der Waals surface area contributed by atoms with E-state index < -0.39 is 0 Å². The summed E-state index contributed by atoms with van der Waals surface area (Å²) in [4.78, 5) is 27.7. The van der Waals surface area contributed by atoms with Crippen LogP contribution >= 0.6 is 0 Å². The smallest absolute Gasteiger partial charge is 0.329 e. The second-order valence-electron chi connectivity index (χ2n) is 7.92.